The maximum atomic E-state index is 12.3. The lowest BCUT2D eigenvalue weighted by molar-refractivity contribution is 0.0691. The van der Waals surface area contributed by atoms with Gasteiger partial charge in [0, 0.05) is 24.8 Å². The molecule has 0 unspecified atom stereocenters. The summed E-state index contributed by atoms with van der Waals surface area (Å²) >= 11 is 5.86. The van der Waals surface area contributed by atoms with Crippen molar-refractivity contribution in [1.82, 2.24) is 9.29 Å². The van der Waals surface area contributed by atoms with Gasteiger partial charge in [0.25, 0.3) is 0 Å². The summed E-state index contributed by atoms with van der Waals surface area (Å²) in [5.74, 6) is -1.21. The number of carboxylic acids is 1. The maximum Gasteiger partial charge on any atom is 0.352 e. The first-order valence-electron chi connectivity index (χ1n) is 5.93. The molecule has 6 nitrogen and oxygen atoms in total. The number of nitrogens with zero attached hydrogens (tertiary/aromatic N) is 1. The Morgan fingerprint density at radius 2 is 2.10 bits per heavy atom. The molecule has 0 aliphatic rings. The second kappa shape index (κ2) is 5.88. The SMILES string of the molecule is CN(Cc1cccc(Cl)c1)S(=O)(=O)c1c[nH]c(C(=O)O)c1. The summed E-state index contributed by atoms with van der Waals surface area (Å²) in [4.78, 5) is 13.1. The summed E-state index contributed by atoms with van der Waals surface area (Å²) in [6, 6.07) is 7.96. The number of halogens is 1. The van der Waals surface area contributed by atoms with E-state index in [-0.39, 0.29) is 17.1 Å². The second-order valence-electron chi connectivity index (χ2n) is 4.45. The van der Waals surface area contributed by atoms with Gasteiger partial charge in [-0.2, -0.15) is 4.31 Å². The predicted molar refractivity (Wildman–Crippen MR) is 77.9 cm³/mol. The molecule has 0 saturated heterocycles. The molecule has 2 N–H and O–H groups in total. The van der Waals surface area contributed by atoms with Crippen molar-refractivity contribution < 1.29 is 18.3 Å². The number of aromatic nitrogens is 1. The fraction of sp³-hybridized carbons (Fsp3) is 0.154. The monoisotopic (exact) mass is 328 g/mol. The number of nitrogens with one attached hydrogen (secondary N) is 1. The summed E-state index contributed by atoms with van der Waals surface area (Å²) in [5.41, 5.74) is 0.562. The van der Waals surface area contributed by atoms with E-state index >= 15 is 0 Å². The highest BCUT2D eigenvalue weighted by atomic mass is 35.5. The smallest absolute Gasteiger partial charge is 0.352 e. The van der Waals surface area contributed by atoms with Gasteiger partial charge in [0.1, 0.15) is 10.6 Å². The van der Waals surface area contributed by atoms with Crippen LogP contribution in [0.5, 0.6) is 0 Å². The summed E-state index contributed by atoms with van der Waals surface area (Å²) < 4.78 is 25.8. The van der Waals surface area contributed by atoms with E-state index in [0.717, 1.165) is 22.1 Å². The van der Waals surface area contributed by atoms with Crippen molar-refractivity contribution in [2.45, 2.75) is 11.4 Å². The Kier molecular flexibility index (Phi) is 4.36. The van der Waals surface area contributed by atoms with Gasteiger partial charge in [-0.3, -0.25) is 0 Å². The quantitative estimate of drug-likeness (QED) is 0.880. The molecule has 112 valence electrons. The van der Waals surface area contributed by atoms with E-state index in [9.17, 15) is 13.2 Å². The van der Waals surface area contributed by atoms with Gasteiger partial charge >= 0.3 is 5.97 Å². The minimum Gasteiger partial charge on any atom is -0.477 e. The lowest BCUT2D eigenvalue weighted by Gasteiger charge is -2.16. The second-order valence-corrected chi connectivity index (χ2v) is 6.93. The van der Waals surface area contributed by atoms with Crippen LogP contribution in [-0.2, 0) is 16.6 Å². The zero-order valence-corrected chi connectivity index (χ0v) is 12.6. The van der Waals surface area contributed by atoms with Crippen LogP contribution in [-0.4, -0.2) is 35.8 Å². The van der Waals surface area contributed by atoms with Crippen LogP contribution in [0.4, 0.5) is 0 Å². The third kappa shape index (κ3) is 3.44. The van der Waals surface area contributed by atoms with Crippen molar-refractivity contribution in [3.8, 4) is 0 Å². The van der Waals surface area contributed by atoms with E-state index < -0.39 is 16.0 Å². The summed E-state index contributed by atoms with van der Waals surface area (Å²) in [5, 5.41) is 9.34. The minimum atomic E-state index is -3.77. The first-order valence-corrected chi connectivity index (χ1v) is 7.75. The molecule has 1 aromatic carbocycles. The molecule has 21 heavy (non-hydrogen) atoms. The predicted octanol–water partition coefficient (Wildman–Crippen LogP) is 2.19. The molecule has 0 atom stereocenters. The maximum absolute atomic E-state index is 12.3. The average molecular weight is 329 g/mol. The summed E-state index contributed by atoms with van der Waals surface area (Å²) in [6.45, 7) is 0.135. The Hall–Kier alpha value is -1.83. The zero-order valence-electron chi connectivity index (χ0n) is 11.1. The van der Waals surface area contributed by atoms with Gasteiger partial charge in [-0.1, -0.05) is 23.7 Å². The van der Waals surface area contributed by atoms with Crippen LogP contribution in [0.2, 0.25) is 5.02 Å². The van der Waals surface area contributed by atoms with Crippen LogP contribution in [0, 0.1) is 0 Å². The fourth-order valence-electron chi connectivity index (χ4n) is 1.80. The third-order valence-corrected chi connectivity index (χ3v) is 4.91. The van der Waals surface area contributed by atoms with Gasteiger partial charge < -0.3 is 10.1 Å². The van der Waals surface area contributed by atoms with Crippen LogP contribution in [0.15, 0.2) is 41.4 Å². The lowest BCUT2D eigenvalue weighted by Crippen LogP contribution is -2.26. The number of aromatic carboxylic acids is 1. The Bertz CT molecular complexity index is 770. The molecule has 2 aromatic rings. The lowest BCUT2D eigenvalue weighted by atomic mass is 10.2. The summed E-state index contributed by atoms with van der Waals surface area (Å²) in [7, 11) is -2.35. The third-order valence-electron chi connectivity index (χ3n) is 2.89. The molecule has 2 rings (SSSR count). The Labute approximate surface area is 127 Å². The number of benzene rings is 1. The molecule has 0 saturated carbocycles. The molecule has 0 radical (unpaired) electrons. The largest absolute Gasteiger partial charge is 0.477 e. The average Bonchev–Trinajstić information content (AvgIpc) is 2.89. The van der Waals surface area contributed by atoms with Crippen molar-refractivity contribution in [3.63, 3.8) is 0 Å². The number of sulfonamides is 1. The molecule has 0 fully saturated rings. The molecule has 1 aromatic heterocycles. The molecule has 1 heterocycles. The Morgan fingerprint density at radius 3 is 2.67 bits per heavy atom. The molecule has 0 bridgehead atoms. The number of H-pyrrole nitrogens is 1. The number of rotatable bonds is 5. The van der Waals surface area contributed by atoms with E-state index in [1.807, 2.05) is 0 Å². The number of hydrogen-bond acceptors (Lipinski definition) is 3. The van der Waals surface area contributed by atoms with Gasteiger partial charge in [0.05, 0.1) is 0 Å². The Morgan fingerprint density at radius 1 is 1.38 bits per heavy atom. The standard InChI is InChI=1S/C13H13ClN2O4S/c1-16(8-9-3-2-4-10(14)5-9)21(19,20)11-6-12(13(17)18)15-7-11/h2-7,15H,8H2,1H3,(H,17,18). The van der Waals surface area contributed by atoms with Gasteiger partial charge in [0.2, 0.25) is 10.0 Å². The number of carbonyl (C=O) groups is 1. The Balaban J connectivity index is 2.23. The molecule has 0 aliphatic carbocycles. The summed E-state index contributed by atoms with van der Waals surface area (Å²) in [6.07, 6.45) is 1.16. The molecular formula is C13H13ClN2O4S. The first-order chi connectivity index (χ1) is 9.80. The first kappa shape index (κ1) is 15.6. The van der Waals surface area contributed by atoms with E-state index in [4.69, 9.17) is 16.7 Å². The van der Waals surface area contributed by atoms with Gasteiger partial charge in [-0.05, 0) is 23.8 Å². The van der Waals surface area contributed by atoms with Crippen molar-refractivity contribution in [2.75, 3.05) is 7.05 Å². The number of aromatic amines is 1. The fourth-order valence-corrected chi connectivity index (χ4v) is 3.17. The minimum absolute atomic E-state index is 0.0931. The van der Waals surface area contributed by atoms with Crippen LogP contribution < -0.4 is 0 Å². The highest BCUT2D eigenvalue weighted by Crippen LogP contribution is 2.19. The molecule has 0 spiro atoms. The van der Waals surface area contributed by atoms with Crippen molar-refractivity contribution in [1.29, 1.82) is 0 Å². The van der Waals surface area contributed by atoms with E-state index in [1.54, 1.807) is 24.3 Å². The van der Waals surface area contributed by atoms with Crippen molar-refractivity contribution in [2.24, 2.45) is 0 Å². The normalized spacial score (nSPS) is 11.8. The van der Waals surface area contributed by atoms with Gasteiger partial charge in [-0.25, -0.2) is 13.2 Å². The molecule has 8 heteroatoms. The zero-order chi connectivity index (χ0) is 15.6. The van der Waals surface area contributed by atoms with Crippen LogP contribution in [0.3, 0.4) is 0 Å². The van der Waals surface area contributed by atoms with E-state index in [1.165, 1.54) is 7.05 Å². The topological polar surface area (TPSA) is 90.5 Å². The number of carboxylic acid groups (broad SMARTS) is 1. The van der Waals surface area contributed by atoms with Gasteiger partial charge in [-0.15, -0.1) is 0 Å². The molecular weight excluding hydrogens is 316 g/mol. The van der Waals surface area contributed by atoms with Crippen LogP contribution in [0.25, 0.3) is 0 Å². The number of hydrogen-bond donors (Lipinski definition) is 2. The van der Waals surface area contributed by atoms with E-state index in [0.29, 0.717) is 5.02 Å². The van der Waals surface area contributed by atoms with Gasteiger partial charge in [0.15, 0.2) is 0 Å². The van der Waals surface area contributed by atoms with Crippen molar-refractivity contribution >= 4 is 27.6 Å². The van der Waals surface area contributed by atoms with E-state index in [2.05, 4.69) is 4.98 Å². The van der Waals surface area contributed by atoms with Crippen molar-refractivity contribution in [3.05, 3.63) is 52.8 Å². The molecule has 0 amide bonds. The van der Waals surface area contributed by atoms with Crippen LogP contribution >= 0.6 is 11.6 Å². The highest BCUT2D eigenvalue weighted by molar-refractivity contribution is 7.89. The highest BCUT2D eigenvalue weighted by Gasteiger charge is 2.23. The molecule has 0 aliphatic heterocycles. The van der Waals surface area contributed by atoms with Crippen LogP contribution in [0.1, 0.15) is 16.1 Å².